The van der Waals surface area contributed by atoms with Gasteiger partial charge in [-0.2, -0.15) is 5.26 Å². The van der Waals surface area contributed by atoms with E-state index in [1.807, 2.05) is 6.07 Å². The molecule has 0 bridgehead atoms. The summed E-state index contributed by atoms with van der Waals surface area (Å²) >= 11 is 0. The van der Waals surface area contributed by atoms with Crippen molar-refractivity contribution in [2.75, 3.05) is 6.61 Å². The zero-order valence-corrected chi connectivity index (χ0v) is 17.2. The first-order valence-corrected chi connectivity index (χ1v) is 9.45. The predicted octanol–water partition coefficient (Wildman–Crippen LogP) is 3.53. The number of ether oxygens (including phenoxy) is 1. The van der Waals surface area contributed by atoms with Crippen molar-refractivity contribution in [3.8, 4) is 6.07 Å². The molecule has 9 heteroatoms. The molecule has 0 spiro atoms. The molecule has 31 heavy (non-hydrogen) atoms. The van der Waals surface area contributed by atoms with E-state index in [4.69, 9.17) is 15.7 Å². The van der Waals surface area contributed by atoms with Crippen LogP contribution in [-0.4, -0.2) is 34.7 Å². The van der Waals surface area contributed by atoms with Crippen LogP contribution in [0.1, 0.15) is 48.0 Å². The van der Waals surface area contributed by atoms with E-state index in [1.165, 1.54) is 44.3 Å². The highest BCUT2D eigenvalue weighted by atomic mass is 19.3. The van der Waals surface area contributed by atoms with Crippen LogP contribution in [0.4, 0.5) is 13.2 Å². The van der Waals surface area contributed by atoms with Crippen LogP contribution in [0.3, 0.4) is 0 Å². The summed E-state index contributed by atoms with van der Waals surface area (Å²) in [7, 11) is 0. The number of alkyl halides is 2. The van der Waals surface area contributed by atoms with E-state index in [2.05, 4.69) is 9.98 Å². The number of hydrogen-bond acceptors (Lipinski definition) is 6. The summed E-state index contributed by atoms with van der Waals surface area (Å²) in [6, 6.07) is 8.31. The van der Waals surface area contributed by atoms with Gasteiger partial charge in [-0.15, -0.1) is 0 Å². The molecule has 0 unspecified atom stereocenters. The Morgan fingerprint density at radius 3 is 2.58 bits per heavy atom. The largest absolute Gasteiger partial charge is 0.385 e. The van der Waals surface area contributed by atoms with Gasteiger partial charge in [0.15, 0.2) is 11.3 Å². The minimum Gasteiger partial charge on any atom is -0.385 e. The summed E-state index contributed by atoms with van der Waals surface area (Å²) in [6.07, 6.45) is 1.06. The van der Waals surface area contributed by atoms with Gasteiger partial charge < -0.3 is 10.5 Å². The van der Waals surface area contributed by atoms with Crippen LogP contribution in [-0.2, 0) is 16.7 Å². The third-order valence-corrected chi connectivity index (χ3v) is 5.41. The predicted molar refractivity (Wildman–Crippen MR) is 107 cm³/mol. The molecule has 0 amide bonds. The van der Waals surface area contributed by atoms with E-state index in [1.54, 1.807) is 0 Å². The molecule has 1 aliphatic rings. The Bertz CT molecular complexity index is 1090. The zero-order valence-electron chi connectivity index (χ0n) is 17.2. The number of nitrogens with zero attached hydrogens (tertiary/aromatic N) is 3. The summed E-state index contributed by atoms with van der Waals surface area (Å²) in [5.41, 5.74) is 1.73. The zero-order chi connectivity index (χ0) is 23.0. The third-order valence-electron chi connectivity index (χ3n) is 5.41. The number of Topliss-reactive ketones (excluding diaryl/α,β-unsaturated/α-hetero) is 1. The first-order chi connectivity index (χ1) is 14.4. The third kappa shape index (κ3) is 3.91. The van der Waals surface area contributed by atoms with Crippen LogP contribution < -0.4 is 5.73 Å². The van der Waals surface area contributed by atoms with E-state index in [0.717, 1.165) is 13.0 Å². The number of carbonyl (C=O) groups is 1. The second-order valence-corrected chi connectivity index (χ2v) is 8.01. The molecule has 1 atom stereocenters. The van der Waals surface area contributed by atoms with Crippen molar-refractivity contribution in [3.05, 3.63) is 64.7 Å². The van der Waals surface area contributed by atoms with Crippen LogP contribution in [0.2, 0.25) is 0 Å². The van der Waals surface area contributed by atoms with Gasteiger partial charge >= 0.3 is 5.92 Å². The average Bonchev–Trinajstić information content (AvgIpc) is 2.78. The second kappa shape index (κ2) is 7.78. The smallest absolute Gasteiger partial charge is 0.304 e. The number of halogens is 3. The van der Waals surface area contributed by atoms with E-state index < -0.39 is 34.2 Å². The molecule has 6 nitrogen and oxygen atoms in total. The van der Waals surface area contributed by atoms with Gasteiger partial charge in [0, 0.05) is 18.2 Å². The van der Waals surface area contributed by atoms with Crippen molar-refractivity contribution < 1.29 is 22.7 Å². The van der Waals surface area contributed by atoms with Gasteiger partial charge in [-0.3, -0.25) is 14.8 Å². The standard InChI is InChI=1S/C22H21F3N4O2/c1-20(2)22(24,25)21(3,29-19(27)12-31-20)15-8-13(4-6-16(15)23)9-18(30)17-7-5-14(10-26)11-28-17/h4-8,11H,9,12H2,1-3H3,(H2,27,29)/t21-/m1/s1. The molecule has 0 radical (unpaired) electrons. The molecule has 0 fully saturated rings. The number of hydrogen-bond donors (Lipinski definition) is 1. The molecule has 162 valence electrons. The summed E-state index contributed by atoms with van der Waals surface area (Å²) in [6.45, 7) is 3.17. The summed E-state index contributed by atoms with van der Waals surface area (Å²) in [5.74, 6) is -5.12. The monoisotopic (exact) mass is 430 g/mol. The van der Waals surface area contributed by atoms with Gasteiger partial charge in [-0.25, -0.2) is 13.2 Å². The number of aliphatic imine (C=N–C) groups is 1. The number of ketones is 1. The van der Waals surface area contributed by atoms with Crippen molar-refractivity contribution in [1.82, 2.24) is 4.98 Å². The maximum atomic E-state index is 15.5. The van der Waals surface area contributed by atoms with Crippen molar-refractivity contribution >= 4 is 11.6 Å². The van der Waals surface area contributed by atoms with E-state index in [0.29, 0.717) is 11.1 Å². The van der Waals surface area contributed by atoms with Gasteiger partial charge in [0.25, 0.3) is 0 Å². The van der Waals surface area contributed by atoms with Crippen LogP contribution in [0, 0.1) is 17.1 Å². The number of aromatic nitrogens is 1. The number of rotatable bonds is 4. The van der Waals surface area contributed by atoms with Crippen molar-refractivity contribution in [2.45, 2.75) is 44.3 Å². The molecule has 1 aliphatic heterocycles. The molecule has 1 aromatic heterocycles. The summed E-state index contributed by atoms with van der Waals surface area (Å²) in [5, 5.41) is 8.82. The van der Waals surface area contributed by atoms with Gasteiger partial charge in [-0.1, -0.05) is 6.07 Å². The fourth-order valence-electron chi connectivity index (χ4n) is 3.51. The van der Waals surface area contributed by atoms with E-state index in [-0.39, 0.29) is 24.6 Å². The van der Waals surface area contributed by atoms with Crippen molar-refractivity contribution in [3.63, 3.8) is 0 Å². The first-order valence-electron chi connectivity index (χ1n) is 9.45. The Morgan fingerprint density at radius 1 is 1.26 bits per heavy atom. The van der Waals surface area contributed by atoms with Gasteiger partial charge in [0.2, 0.25) is 0 Å². The highest BCUT2D eigenvalue weighted by Gasteiger charge is 2.63. The van der Waals surface area contributed by atoms with E-state index in [9.17, 15) is 9.18 Å². The fraction of sp³-hybridized carbons (Fsp3) is 0.364. The molecule has 2 N–H and O–H groups in total. The highest BCUT2D eigenvalue weighted by molar-refractivity contribution is 5.95. The van der Waals surface area contributed by atoms with Gasteiger partial charge in [0.1, 0.15) is 35.6 Å². The molecular weight excluding hydrogens is 409 g/mol. The molecule has 2 aromatic rings. The van der Waals surface area contributed by atoms with Crippen LogP contribution >= 0.6 is 0 Å². The average molecular weight is 430 g/mol. The SMILES string of the molecule is CC1(C)OCC(N)=N[C@](C)(c2cc(CC(=O)c3ccc(C#N)cn3)ccc2F)C1(F)F. The fourth-order valence-corrected chi connectivity index (χ4v) is 3.51. The number of carbonyl (C=O) groups excluding carboxylic acids is 1. The summed E-state index contributed by atoms with van der Waals surface area (Å²) < 4.78 is 51.0. The first kappa shape index (κ1) is 22.4. The van der Waals surface area contributed by atoms with Crippen molar-refractivity contribution in [1.29, 1.82) is 5.26 Å². The topological polar surface area (TPSA) is 101 Å². The molecule has 0 saturated carbocycles. The molecule has 1 aromatic carbocycles. The van der Waals surface area contributed by atoms with Crippen LogP contribution in [0.25, 0.3) is 0 Å². The lowest BCUT2D eigenvalue weighted by Gasteiger charge is -2.42. The lowest BCUT2D eigenvalue weighted by molar-refractivity contribution is -0.214. The molecule has 0 saturated heterocycles. The minimum absolute atomic E-state index is 0.104. The Kier molecular flexibility index (Phi) is 5.63. The van der Waals surface area contributed by atoms with E-state index >= 15 is 8.78 Å². The number of amidine groups is 1. The summed E-state index contributed by atoms with van der Waals surface area (Å²) in [4.78, 5) is 20.4. The Balaban J connectivity index is 2.02. The Hall–Kier alpha value is -3.25. The minimum atomic E-state index is -3.63. The van der Waals surface area contributed by atoms with Crippen LogP contribution in [0.5, 0.6) is 0 Å². The highest BCUT2D eigenvalue weighted by Crippen LogP contribution is 2.50. The molecule has 2 heterocycles. The molecule has 0 aliphatic carbocycles. The quantitative estimate of drug-likeness (QED) is 0.748. The van der Waals surface area contributed by atoms with Gasteiger partial charge in [0.05, 0.1) is 5.56 Å². The lowest BCUT2D eigenvalue weighted by Crippen LogP contribution is -2.56. The number of pyridine rings is 1. The van der Waals surface area contributed by atoms with Gasteiger partial charge in [-0.05, 0) is 50.6 Å². The second-order valence-electron chi connectivity index (χ2n) is 8.01. The maximum Gasteiger partial charge on any atom is 0.304 e. The van der Waals surface area contributed by atoms with Crippen molar-refractivity contribution in [2.24, 2.45) is 10.7 Å². The number of benzene rings is 1. The number of nitrogens with two attached hydrogens (primary N) is 1. The molecular formula is C22H21F3N4O2. The number of nitriles is 1. The molecule has 3 rings (SSSR count). The Labute approximate surface area is 177 Å². The normalized spacial score (nSPS) is 22.2. The Morgan fingerprint density at radius 2 is 1.97 bits per heavy atom. The lowest BCUT2D eigenvalue weighted by atomic mass is 9.77. The maximum absolute atomic E-state index is 15.5. The van der Waals surface area contributed by atoms with Crippen LogP contribution in [0.15, 0.2) is 41.5 Å².